The van der Waals surface area contributed by atoms with Crippen molar-refractivity contribution in [2.24, 2.45) is 17.8 Å². The van der Waals surface area contributed by atoms with Crippen LogP contribution in [0.3, 0.4) is 0 Å². The standard InChI is InChI=1S/C20H28N2O4/c1-2-25-20-16(9-5-11-23)17(14-6-3-7-14)12-18(26-20)19(24)22-15-8-4-10-21-13-15/h4,8,10,12-14,16-17,20,23H,2-3,5-7,9,11H2,1H3,(H,22,24)/t16-,17+,20+/m1/s1. The maximum absolute atomic E-state index is 12.7. The summed E-state index contributed by atoms with van der Waals surface area (Å²) in [5, 5.41) is 12.1. The van der Waals surface area contributed by atoms with Crippen LogP contribution in [0.4, 0.5) is 5.69 Å². The highest BCUT2D eigenvalue weighted by Gasteiger charge is 2.42. The van der Waals surface area contributed by atoms with E-state index in [9.17, 15) is 9.90 Å². The Balaban J connectivity index is 1.79. The number of nitrogens with one attached hydrogen (secondary N) is 1. The van der Waals surface area contributed by atoms with Gasteiger partial charge >= 0.3 is 0 Å². The molecule has 6 nitrogen and oxygen atoms in total. The Bertz CT molecular complexity index is 615. The van der Waals surface area contributed by atoms with Crippen LogP contribution >= 0.6 is 0 Å². The average Bonchev–Trinajstić information content (AvgIpc) is 2.60. The van der Waals surface area contributed by atoms with Gasteiger partial charge in [0.1, 0.15) is 0 Å². The van der Waals surface area contributed by atoms with Crippen LogP contribution in [0.5, 0.6) is 0 Å². The van der Waals surface area contributed by atoms with Crippen molar-refractivity contribution in [3.63, 3.8) is 0 Å². The number of aliphatic hydroxyl groups excluding tert-OH is 1. The fourth-order valence-electron chi connectivity index (χ4n) is 3.78. The van der Waals surface area contributed by atoms with Crippen molar-refractivity contribution in [2.45, 2.75) is 45.3 Å². The summed E-state index contributed by atoms with van der Waals surface area (Å²) in [6.07, 6.45) is 9.93. The molecule has 142 valence electrons. The van der Waals surface area contributed by atoms with Gasteiger partial charge in [-0.05, 0) is 62.7 Å². The topological polar surface area (TPSA) is 80.7 Å². The molecule has 1 aromatic rings. The van der Waals surface area contributed by atoms with Gasteiger partial charge in [0, 0.05) is 25.3 Å². The molecule has 2 aliphatic rings. The third kappa shape index (κ3) is 4.43. The van der Waals surface area contributed by atoms with Gasteiger partial charge in [-0.25, -0.2) is 0 Å². The van der Waals surface area contributed by atoms with E-state index >= 15 is 0 Å². The molecule has 1 aliphatic carbocycles. The molecule has 0 radical (unpaired) electrons. The second-order valence-electron chi connectivity index (χ2n) is 6.97. The molecule has 1 fully saturated rings. The fraction of sp³-hybridized carbons (Fsp3) is 0.600. The fourth-order valence-corrected chi connectivity index (χ4v) is 3.78. The molecule has 2 N–H and O–H groups in total. The number of allylic oxidation sites excluding steroid dienone is 1. The Labute approximate surface area is 154 Å². The maximum Gasteiger partial charge on any atom is 0.290 e. The Morgan fingerprint density at radius 3 is 2.92 bits per heavy atom. The lowest BCUT2D eigenvalue weighted by Crippen LogP contribution is -2.42. The van der Waals surface area contributed by atoms with Crippen molar-refractivity contribution in [1.82, 2.24) is 4.98 Å². The number of amides is 1. The second-order valence-corrected chi connectivity index (χ2v) is 6.97. The summed E-state index contributed by atoms with van der Waals surface area (Å²) in [7, 11) is 0. The lowest BCUT2D eigenvalue weighted by atomic mass is 9.68. The van der Waals surface area contributed by atoms with Crippen molar-refractivity contribution in [1.29, 1.82) is 0 Å². The summed E-state index contributed by atoms with van der Waals surface area (Å²) in [5.74, 6) is 1.03. The number of hydrogen-bond acceptors (Lipinski definition) is 5. The zero-order valence-electron chi connectivity index (χ0n) is 15.3. The predicted octanol–water partition coefficient (Wildman–Crippen LogP) is 3.10. The molecular weight excluding hydrogens is 332 g/mol. The van der Waals surface area contributed by atoms with E-state index in [1.165, 1.54) is 19.3 Å². The highest BCUT2D eigenvalue weighted by Crippen LogP contribution is 2.44. The summed E-state index contributed by atoms with van der Waals surface area (Å²) in [6, 6.07) is 3.57. The number of anilines is 1. The van der Waals surface area contributed by atoms with E-state index in [1.807, 2.05) is 13.0 Å². The van der Waals surface area contributed by atoms with E-state index in [1.54, 1.807) is 24.5 Å². The molecular formula is C20H28N2O4. The van der Waals surface area contributed by atoms with Gasteiger partial charge in [-0.15, -0.1) is 0 Å². The molecule has 6 heteroatoms. The normalized spacial score (nSPS) is 25.8. The van der Waals surface area contributed by atoms with Crippen LogP contribution in [-0.2, 0) is 14.3 Å². The minimum absolute atomic E-state index is 0.158. The highest BCUT2D eigenvalue weighted by atomic mass is 16.7. The van der Waals surface area contributed by atoms with Gasteiger partial charge in [-0.2, -0.15) is 0 Å². The first-order valence-corrected chi connectivity index (χ1v) is 9.55. The molecule has 1 saturated carbocycles. The number of aliphatic hydroxyl groups is 1. The van der Waals surface area contributed by atoms with E-state index in [4.69, 9.17) is 9.47 Å². The molecule has 26 heavy (non-hydrogen) atoms. The van der Waals surface area contributed by atoms with Gasteiger partial charge in [0.05, 0.1) is 11.9 Å². The second kappa shape index (κ2) is 9.14. The molecule has 3 atom stereocenters. The maximum atomic E-state index is 12.7. The number of ether oxygens (including phenoxy) is 2. The van der Waals surface area contributed by atoms with E-state index in [0.29, 0.717) is 30.4 Å². The Morgan fingerprint density at radius 2 is 2.31 bits per heavy atom. The number of nitrogens with zero attached hydrogens (tertiary/aromatic N) is 1. The average molecular weight is 360 g/mol. The summed E-state index contributed by atoms with van der Waals surface area (Å²) < 4.78 is 11.8. The minimum Gasteiger partial charge on any atom is -0.459 e. The zero-order chi connectivity index (χ0) is 18.4. The zero-order valence-corrected chi connectivity index (χ0v) is 15.3. The van der Waals surface area contributed by atoms with Crippen LogP contribution in [-0.4, -0.2) is 35.5 Å². The number of carbonyl (C=O) groups excluding carboxylic acids is 1. The van der Waals surface area contributed by atoms with Crippen molar-refractivity contribution in [3.8, 4) is 0 Å². The van der Waals surface area contributed by atoms with Crippen molar-refractivity contribution >= 4 is 11.6 Å². The molecule has 2 heterocycles. The number of aromatic nitrogens is 1. The van der Waals surface area contributed by atoms with Gasteiger partial charge in [0.15, 0.2) is 5.76 Å². The van der Waals surface area contributed by atoms with E-state index in [-0.39, 0.29) is 24.3 Å². The van der Waals surface area contributed by atoms with Crippen molar-refractivity contribution in [2.75, 3.05) is 18.5 Å². The third-order valence-corrected chi connectivity index (χ3v) is 5.29. The first-order valence-electron chi connectivity index (χ1n) is 9.55. The largest absolute Gasteiger partial charge is 0.459 e. The van der Waals surface area contributed by atoms with Crippen LogP contribution < -0.4 is 5.32 Å². The monoisotopic (exact) mass is 360 g/mol. The van der Waals surface area contributed by atoms with Crippen LogP contribution in [0.25, 0.3) is 0 Å². The van der Waals surface area contributed by atoms with E-state index in [2.05, 4.69) is 10.3 Å². The van der Waals surface area contributed by atoms with Crippen LogP contribution in [0.1, 0.15) is 39.0 Å². The molecule has 0 unspecified atom stereocenters. The van der Waals surface area contributed by atoms with Gasteiger partial charge in [0.2, 0.25) is 6.29 Å². The summed E-state index contributed by atoms with van der Waals surface area (Å²) in [5.41, 5.74) is 0.637. The lowest BCUT2D eigenvalue weighted by Gasteiger charge is -2.43. The van der Waals surface area contributed by atoms with Gasteiger partial charge in [0.25, 0.3) is 5.91 Å². The Morgan fingerprint density at radius 1 is 1.46 bits per heavy atom. The first-order chi connectivity index (χ1) is 12.7. The summed E-state index contributed by atoms with van der Waals surface area (Å²) >= 11 is 0. The molecule has 0 spiro atoms. The van der Waals surface area contributed by atoms with Crippen LogP contribution in [0.15, 0.2) is 36.4 Å². The van der Waals surface area contributed by atoms with Crippen molar-refractivity contribution < 1.29 is 19.4 Å². The number of rotatable bonds is 8. The third-order valence-electron chi connectivity index (χ3n) is 5.29. The molecule has 1 aliphatic heterocycles. The first kappa shape index (κ1) is 18.9. The minimum atomic E-state index is -0.447. The molecule has 3 rings (SSSR count). The highest BCUT2D eigenvalue weighted by molar-refractivity contribution is 6.02. The van der Waals surface area contributed by atoms with E-state index < -0.39 is 6.29 Å². The Kier molecular flexibility index (Phi) is 6.63. The van der Waals surface area contributed by atoms with Gasteiger partial charge < -0.3 is 19.9 Å². The van der Waals surface area contributed by atoms with E-state index in [0.717, 1.165) is 6.42 Å². The summed E-state index contributed by atoms with van der Waals surface area (Å²) in [6.45, 7) is 2.61. The van der Waals surface area contributed by atoms with Crippen LogP contribution in [0.2, 0.25) is 0 Å². The predicted molar refractivity (Wildman–Crippen MR) is 98.1 cm³/mol. The van der Waals surface area contributed by atoms with Crippen molar-refractivity contribution in [3.05, 3.63) is 36.4 Å². The number of pyridine rings is 1. The number of carbonyl (C=O) groups is 1. The quantitative estimate of drug-likeness (QED) is 0.744. The number of hydrogen-bond donors (Lipinski definition) is 2. The smallest absolute Gasteiger partial charge is 0.290 e. The van der Waals surface area contributed by atoms with Gasteiger partial charge in [-0.3, -0.25) is 9.78 Å². The molecule has 0 aromatic carbocycles. The van der Waals surface area contributed by atoms with Gasteiger partial charge in [-0.1, -0.05) is 6.42 Å². The van der Waals surface area contributed by atoms with Crippen LogP contribution in [0, 0.1) is 17.8 Å². The molecule has 1 aromatic heterocycles. The molecule has 1 amide bonds. The summed E-state index contributed by atoms with van der Waals surface area (Å²) in [4.78, 5) is 16.7. The lowest BCUT2D eigenvalue weighted by molar-refractivity contribution is -0.177. The SMILES string of the molecule is CCO[C@H]1OC(C(=O)Nc2cccnc2)=C[C@@H](C2CCC2)[C@H]1CCCO. The molecule has 0 bridgehead atoms. The molecule has 0 saturated heterocycles. The Hall–Kier alpha value is -1.92.